The summed E-state index contributed by atoms with van der Waals surface area (Å²) in [5.41, 5.74) is 8.85. The molecule has 5 rings (SSSR count). The van der Waals surface area contributed by atoms with E-state index in [1.807, 2.05) is 30.4 Å². The van der Waals surface area contributed by atoms with E-state index in [0.29, 0.717) is 40.8 Å². The Labute approximate surface area is 197 Å². The average Bonchev–Trinajstić information content (AvgIpc) is 3.24. The number of piperidine rings is 1. The minimum atomic E-state index is -3.32. The van der Waals surface area contributed by atoms with E-state index in [0.717, 1.165) is 29.6 Å². The van der Waals surface area contributed by atoms with Gasteiger partial charge in [-0.05, 0) is 67.9 Å². The Morgan fingerprint density at radius 2 is 1.71 bits per heavy atom. The third-order valence-corrected chi connectivity index (χ3v) is 8.11. The molecule has 0 spiro atoms. The molecule has 0 radical (unpaired) electrons. The Bertz CT molecular complexity index is 1420. The molecule has 0 aliphatic carbocycles. The number of fused-ring (bicyclic) bond motifs is 1. The van der Waals surface area contributed by atoms with Crippen molar-refractivity contribution < 1.29 is 12.9 Å². The van der Waals surface area contributed by atoms with Crippen molar-refractivity contribution in [3.05, 3.63) is 66.0 Å². The zero-order valence-electron chi connectivity index (χ0n) is 18.3. The molecular formula is C24H24N6O3S. The number of nitrogens with zero attached hydrogens (tertiary/aromatic N) is 3. The highest BCUT2D eigenvalue weighted by Crippen LogP contribution is 2.25. The molecule has 2 aromatic carbocycles. The number of rotatable bonds is 6. The lowest BCUT2D eigenvalue weighted by molar-refractivity contribution is 0.460. The zero-order valence-corrected chi connectivity index (χ0v) is 19.1. The van der Waals surface area contributed by atoms with Gasteiger partial charge in [-0.25, -0.2) is 18.4 Å². The van der Waals surface area contributed by atoms with Crippen LogP contribution in [0.3, 0.4) is 0 Å². The topological polar surface area (TPSA) is 136 Å². The van der Waals surface area contributed by atoms with Gasteiger partial charge in [0.15, 0.2) is 21.2 Å². The van der Waals surface area contributed by atoms with Gasteiger partial charge in [-0.3, -0.25) is 0 Å². The van der Waals surface area contributed by atoms with Gasteiger partial charge in [-0.2, -0.15) is 0 Å². The molecule has 174 valence electrons. The summed E-state index contributed by atoms with van der Waals surface area (Å²) in [6.07, 6.45) is 8.50. The lowest BCUT2D eigenvalue weighted by atomic mass is 10.1. The Morgan fingerprint density at radius 3 is 2.44 bits per heavy atom. The molecule has 10 heteroatoms. The van der Waals surface area contributed by atoms with Crippen LogP contribution in [0.1, 0.15) is 24.0 Å². The molecule has 0 amide bonds. The standard InChI is InChI=1S/C24H24N6O3S/c25-23-21-8-3-16(13-22(21)33-30-23)1-2-17-14-27-24(28-15-17)29-18-4-6-19(7-5-18)34(31,32)20-9-11-26-12-10-20/h1-8,13-15,20,26H,9-12H2,(H2,25,30)(H,27,28,29). The van der Waals surface area contributed by atoms with Crippen molar-refractivity contribution in [3.63, 3.8) is 0 Å². The molecule has 4 aromatic rings. The molecule has 1 fully saturated rings. The molecule has 0 saturated carbocycles. The third-order valence-electron chi connectivity index (χ3n) is 5.83. The fourth-order valence-electron chi connectivity index (χ4n) is 3.91. The van der Waals surface area contributed by atoms with Gasteiger partial charge in [-0.15, -0.1) is 0 Å². The van der Waals surface area contributed by atoms with Crippen molar-refractivity contribution in [1.29, 1.82) is 0 Å². The van der Waals surface area contributed by atoms with Gasteiger partial charge in [0.05, 0.1) is 15.5 Å². The predicted molar refractivity (Wildman–Crippen MR) is 132 cm³/mol. The van der Waals surface area contributed by atoms with Crippen LogP contribution in [0.25, 0.3) is 23.1 Å². The van der Waals surface area contributed by atoms with E-state index in [9.17, 15) is 8.42 Å². The van der Waals surface area contributed by atoms with Crippen LogP contribution in [0.4, 0.5) is 17.5 Å². The second-order valence-corrected chi connectivity index (χ2v) is 10.4. The maximum atomic E-state index is 12.8. The average molecular weight is 477 g/mol. The normalized spacial score (nSPS) is 15.2. The predicted octanol–water partition coefficient (Wildman–Crippen LogP) is 3.64. The van der Waals surface area contributed by atoms with Crippen LogP contribution in [-0.2, 0) is 9.84 Å². The molecule has 1 aliphatic rings. The van der Waals surface area contributed by atoms with Gasteiger partial charge in [0.2, 0.25) is 5.95 Å². The molecule has 0 atom stereocenters. The maximum absolute atomic E-state index is 12.8. The first-order valence-electron chi connectivity index (χ1n) is 11.0. The van der Waals surface area contributed by atoms with E-state index in [2.05, 4.69) is 25.8 Å². The van der Waals surface area contributed by atoms with E-state index in [1.165, 1.54) is 0 Å². The van der Waals surface area contributed by atoms with Crippen molar-refractivity contribution in [2.24, 2.45) is 0 Å². The van der Waals surface area contributed by atoms with E-state index >= 15 is 0 Å². The van der Waals surface area contributed by atoms with Crippen LogP contribution in [-0.4, -0.2) is 41.9 Å². The zero-order chi connectivity index (χ0) is 23.5. The molecule has 9 nitrogen and oxygen atoms in total. The van der Waals surface area contributed by atoms with Crippen LogP contribution in [0.5, 0.6) is 0 Å². The summed E-state index contributed by atoms with van der Waals surface area (Å²) in [4.78, 5) is 9.03. The van der Waals surface area contributed by atoms with Crippen LogP contribution in [0.2, 0.25) is 0 Å². The van der Waals surface area contributed by atoms with Gasteiger partial charge in [0, 0.05) is 23.6 Å². The number of anilines is 3. The van der Waals surface area contributed by atoms with Crippen LogP contribution >= 0.6 is 0 Å². The first kappa shape index (κ1) is 22.1. The van der Waals surface area contributed by atoms with Gasteiger partial charge < -0.3 is 20.9 Å². The van der Waals surface area contributed by atoms with Gasteiger partial charge >= 0.3 is 0 Å². The molecule has 0 unspecified atom stereocenters. The third kappa shape index (κ3) is 4.63. The first-order chi connectivity index (χ1) is 16.5. The molecule has 34 heavy (non-hydrogen) atoms. The lowest BCUT2D eigenvalue weighted by Crippen LogP contribution is -2.35. The van der Waals surface area contributed by atoms with Crippen molar-refractivity contribution in [2.45, 2.75) is 23.0 Å². The summed E-state index contributed by atoms with van der Waals surface area (Å²) in [5, 5.41) is 10.5. The van der Waals surface area contributed by atoms with Crippen molar-refractivity contribution in [2.75, 3.05) is 24.1 Å². The fourth-order valence-corrected chi connectivity index (χ4v) is 5.67. The Morgan fingerprint density at radius 1 is 1.00 bits per heavy atom. The molecule has 2 aromatic heterocycles. The molecule has 1 saturated heterocycles. The lowest BCUT2D eigenvalue weighted by Gasteiger charge is -2.22. The summed E-state index contributed by atoms with van der Waals surface area (Å²) in [6, 6.07) is 12.4. The summed E-state index contributed by atoms with van der Waals surface area (Å²) < 4.78 is 30.9. The number of nitrogens with two attached hydrogens (primary N) is 1. The van der Waals surface area contributed by atoms with Crippen LogP contribution < -0.4 is 16.4 Å². The minimum Gasteiger partial charge on any atom is -0.380 e. The molecular weight excluding hydrogens is 452 g/mol. The summed E-state index contributed by atoms with van der Waals surface area (Å²) >= 11 is 0. The van der Waals surface area contributed by atoms with Crippen LogP contribution in [0.15, 0.2) is 64.3 Å². The Hall–Kier alpha value is -3.76. The SMILES string of the molecule is Nc1noc2cc(C=Cc3cnc(Nc4ccc(S(=O)(=O)C5CCNCC5)cc4)nc3)ccc12. The minimum absolute atomic E-state index is 0.327. The largest absolute Gasteiger partial charge is 0.380 e. The smallest absolute Gasteiger partial charge is 0.227 e. The summed E-state index contributed by atoms with van der Waals surface area (Å²) in [6.45, 7) is 1.47. The molecule has 0 bridgehead atoms. The monoisotopic (exact) mass is 476 g/mol. The van der Waals surface area contributed by atoms with Crippen molar-refractivity contribution in [1.82, 2.24) is 20.4 Å². The number of benzene rings is 2. The fraction of sp³-hybridized carbons (Fsp3) is 0.208. The number of aromatic nitrogens is 3. The number of hydrogen-bond acceptors (Lipinski definition) is 9. The molecule has 1 aliphatic heterocycles. The second kappa shape index (κ2) is 9.24. The molecule has 4 N–H and O–H groups in total. The van der Waals surface area contributed by atoms with Crippen LogP contribution in [0, 0.1) is 0 Å². The maximum Gasteiger partial charge on any atom is 0.227 e. The highest BCUT2D eigenvalue weighted by atomic mass is 32.2. The van der Waals surface area contributed by atoms with Gasteiger partial charge in [-0.1, -0.05) is 23.4 Å². The van der Waals surface area contributed by atoms with Crippen molar-refractivity contribution >= 4 is 50.4 Å². The number of nitrogen functional groups attached to an aromatic ring is 1. The Balaban J connectivity index is 1.23. The van der Waals surface area contributed by atoms with E-state index < -0.39 is 9.84 Å². The number of sulfone groups is 1. The number of nitrogens with one attached hydrogen (secondary N) is 2. The second-order valence-electron chi connectivity index (χ2n) is 8.14. The first-order valence-corrected chi connectivity index (χ1v) is 12.5. The summed E-state index contributed by atoms with van der Waals surface area (Å²) in [7, 11) is -3.32. The van der Waals surface area contributed by atoms with E-state index in [-0.39, 0.29) is 5.25 Å². The van der Waals surface area contributed by atoms with Gasteiger partial charge in [0.1, 0.15) is 0 Å². The summed E-state index contributed by atoms with van der Waals surface area (Å²) in [5.74, 6) is 0.796. The highest BCUT2D eigenvalue weighted by Gasteiger charge is 2.28. The Kier molecular flexibility index (Phi) is 5.99. The van der Waals surface area contributed by atoms with E-state index in [4.69, 9.17) is 10.3 Å². The quantitative estimate of drug-likeness (QED) is 0.381. The number of hydrogen-bond donors (Lipinski definition) is 3. The van der Waals surface area contributed by atoms with E-state index in [1.54, 1.807) is 36.7 Å². The highest BCUT2D eigenvalue weighted by molar-refractivity contribution is 7.92. The molecule has 3 heterocycles. The van der Waals surface area contributed by atoms with Gasteiger partial charge in [0.25, 0.3) is 0 Å². The van der Waals surface area contributed by atoms with Crippen molar-refractivity contribution in [3.8, 4) is 0 Å².